The van der Waals surface area contributed by atoms with Gasteiger partial charge in [-0.1, -0.05) is 149 Å². The maximum Gasteiger partial charge on any atom is 0.306 e. The molecule has 0 radical (unpaired) electrons. The Bertz CT molecular complexity index is 764. The lowest BCUT2D eigenvalue weighted by Crippen LogP contribution is -2.59. The predicted molar refractivity (Wildman–Crippen MR) is 187 cm³/mol. The minimum atomic E-state index is -1.59. The highest BCUT2D eigenvalue weighted by Crippen LogP contribution is 2.22. The molecule has 1 saturated heterocycles. The van der Waals surface area contributed by atoms with Crippen LogP contribution < -0.4 is 0 Å². The lowest BCUT2D eigenvalue weighted by molar-refractivity contribution is -0.305. The zero-order valence-electron chi connectivity index (χ0n) is 30.5. The Morgan fingerprint density at radius 3 is 1.42 bits per heavy atom. The number of ether oxygens (including phenoxy) is 4. The highest BCUT2D eigenvalue weighted by Gasteiger charge is 2.44. The molecule has 1 heterocycles. The van der Waals surface area contributed by atoms with E-state index in [1.54, 1.807) is 0 Å². The second-order valence-electron chi connectivity index (χ2n) is 13.8. The molecule has 0 saturated carbocycles. The maximum absolute atomic E-state index is 12.7. The Labute approximate surface area is 291 Å². The quantitative estimate of drug-likeness (QED) is 0.0427. The second kappa shape index (κ2) is 30.5. The predicted octanol–water partition coefficient (Wildman–Crippen LogP) is 7.05. The van der Waals surface area contributed by atoms with Crippen molar-refractivity contribution in [1.29, 1.82) is 0 Å². The first-order valence-electron chi connectivity index (χ1n) is 19.6. The SMILES string of the molecule is CCCCCCCCCCCCCCCC(=O)OC(COC(=O)CCCCCCCCCCCC)COC1OC(CO)C(O)C(O)C1O. The molecule has 6 atom stereocenters. The molecule has 10 heteroatoms. The van der Waals surface area contributed by atoms with Crippen molar-refractivity contribution in [2.45, 2.75) is 211 Å². The van der Waals surface area contributed by atoms with Crippen molar-refractivity contribution in [2.24, 2.45) is 0 Å². The monoisotopic (exact) mass is 689 g/mol. The molecule has 48 heavy (non-hydrogen) atoms. The van der Waals surface area contributed by atoms with Gasteiger partial charge in [0.1, 0.15) is 31.0 Å². The molecule has 1 aliphatic rings. The Kier molecular flexibility index (Phi) is 28.4. The van der Waals surface area contributed by atoms with Gasteiger partial charge in [-0.05, 0) is 12.8 Å². The molecule has 4 N–H and O–H groups in total. The van der Waals surface area contributed by atoms with Crippen molar-refractivity contribution in [1.82, 2.24) is 0 Å². The van der Waals surface area contributed by atoms with Crippen molar-refractivity contribution < 1.29 is 49.0 Å². The van der Waals surface area contributed by atoms with Crippen LogP contribution in [0.3, 0.4) is 0 Å². The molecular formula is C38H72O10. The van der Waals surface area contributed by atoms with E-state index in [-0.39, 0.29) is 32.0 Å². The number of aliphatic hydroxyl groups excluding tert-OH is 4. The van der Waals surface area contributed by atoms with Gasteiger partial charge in [-0.3, -0.25) is 9.59 Å². The standard InChI is InChI=1S/C38H72O10/c1-3-5-7-9-11-13-15-16-17-19-21-23-25-27-34(41)47-31(30-46-38-37(44)36(43)35(42)32(28-39)48-38)29-45-33(40)26-24-22-20-18-14-12-10-8-6-4-2/h31-32,35-39,42-44H,3-30H2,1-2H3. The van der Waals surface area contributed by atoms with Gasteiger partial charge in [0.15, 0.2) is 12.4 Å². The fraction of sp³-hybridized carbons (Fsp3) is 0.947. The van der Waals surface area contributed by atoms with E-state index < -0.39 is 49.4 Å². The van der Waals surface area contributed by atoms with E-state index in [2.05, 4.69) is 13.8 Å². The largest absolute Gasteiger partial charge is 0.462 e. The Morgan fingerprint density at radius 2 is 0.979 bits per heavy atom. The van der Waals surface area contributed by atoms with Gasteiger partial charge in [-0.15, -0.1) is 0 Å². The van der Waals surface area contributed by atoms with Gasteiger partial charge in [0.2, 0.25) is 0 Å². The molecular weight excluding hydrogens is 616 g/mol. The first-order chi connectivity index (χ1) is 23.3. The molecule has 284 valence electrons. The van der Waals surface area contributed by atoms with Gasteiger partial charge in [0.05, 0.1) is 13.2 Å². The Morgan fingerprint density at radius 1 is 0.562 bits per heavy atom. The third-order valence-electron chi connectivity index (χ3n) is 9.24. The molecule has 0 aromatic rings. The minimum absolute atomic E-state index is 0.210. The Balaban J connectivity index is 2.39. The topological polar surface area (TPSA) is 152 Å². The van der Waals surface area contributed by atoms with Crippen molar-refractivity contribution in [2.75, 3.05) is 19.8 Å². The van der Waals surface area contributed by atoms with E-state index in [1.807, 2.05) is 0 Å². The highest BCUT2D eigenvalue weighted by molar-refractivity contribution is 5.70. The van der Waals surface area contributed by atoms with Crippen molar-refractivity contribution in [3.05, 3.63) is 0 Å². The van der Waals surface area contributed by atoms with Gasteiger partial charge in [0, 0.05) is 12.8 Å². The van der Waals surface area contributed by atoms with E-state index in [1.165, 1.54) is 103 Å². The van der Waals surface area contributed by atoms with Crippen LogP contribution in [0.5, 0.6) is 0 Å². The van der Waals surface area contributed by atoms with Gasteiger partial charge < -0.3 is 39.4 Å². The van der Waals surface area contributed by atoms with Crippen LogP contribution >= 0.6 is 0 Å². The van der Waals surface area contributed by atoms with Crippen molar-refractivity contribution in [3.8, 4) is 0 Å². The molecule has 1 rings (SSSR count). The maximum atomic E-state index is 12.7. The smallest absolute Gasteiger partial charge is 0.306 e. The summed E-state index contributed by atoms with van der Waals surface area (Å²) in [7, 11) is 0. The molecule has 0 bridgehead atoms. The highest BCUT2D eigenvalue weighted by atomic mass is 16.7. The molecule has 6 unspecified atom stereocenters. The van der Waals surface area contributed by atoms with Gasteiger partial charge in [0.25, 0.3) is 0 Å². The number of carbonyl (C=O) groups excluding carboxylic acids is 2. The number of hydrogen-bond donors (Lipinski definition) is 4. The zero-order chi connectivity index (χ0) is 35.2. The van der Waals surface area contributed by atoms with E-state index in [4.69, 9.17) is 18.9 Å². The number of rotatable bonds is 32. The summed E-state index contributed by atoms with van der Waals surface area (Å²) in [6.07, 6.45) is 19.7. The first kappa shape index (κ1) is 44.7. The molecule has 10 nitrogen and oxygen atoms in total. The van der Waals surface area contributed by atoms with Crippen LogP contribution in [-0.2, 0) is 28.5 Å². The summed E-state index contributed by atoms with van der Waals surface area (Å²) in [5.41, 5.74) is 0. The van der Waals surface area contributed by atoms with Gasteiger partial charge in [-0.25, -0.2) is 0 Å². The zero-order valence-corrected chi connectivity index (χ0v) is 30.5. The van der Waals surface area contributed by atoms with E-state index >= 15 is 0 Å². The van der Waals surface area contributed by atoms with Gasteiger partial charge >= 0.3 is 11.9 Å². The molecule has 0 aliphatic carbocycles. The van der Waals surface area contributed by atoms with E-state index in [0.29, 0.717) is 6.42 Å². The normalized spacial score (nSPS) is 21.7. The minimum Gasteiger partial charge on any atom is -0.462 e. The van der Waals surface area contributed by atoms with Crippen LogP contribution in [0.4, 0.5) is 0 Å². The number of esters is 2. The lowest BCUT2D eigenvalue weighted by atomic mass is 9.99. The summed E-state index contributed by atoms with van der Waals surface area (Å²) in [5, 5.41) is 39.9. The summed E-state index contributed by atoms with van der Waals surface area (Å²) in [4.78, 5) is 25.1. The van der Waals surface area contributed by atoms with Crippen LogP contribution in [0.15, 0.2) is 0 Å². The third kappa shape index (κ3) is 22.4. The van der Waals surface area contributed by atoms with Crippen LogP contribution in [0.1, 0.15) is 174 Å². The molecule has 0 amide bonds. The van der Waals surface area contributed by atoms with Crippen LogP contribution in [0, 0.1) is 0 Å². The fourth-order valence-electron chi connectivity index (χ4n) is 6.07. The molecule has 1 fully saturated rings. The molecule has 1 aliphatic heterocycles. The lowest BCUT2D eigenvalue weighted by Gasteiger charge is -2.39. The van der Waals surface area contributed by atoms with E-state index in [0.717, 1.165) is 38.5 Å². The van der Waals surface area contributed by atoms with Crippen LogP contribution in [-0.4, -0.2) is 89.0 Å². The first-order valence-corrected chi connectivity index (χ1v) is 19.6. The van der Waals surface area contributed by atoms with Crippen molar-refractivity contribution in [3.63, 3.8) is 0 Å². The molecule has 0 aromatic carbocycles. The molecule has 0 spiro atoms. The number of aliphatic hydroxyl groups is 4. The number of hydrogen-bond acceptors (Lipinski definition) is 10. The summed E-state index contributed by atoms with van der Waals surface area (Å²) in [6.45, 7) is 3.40. The summed E-state index contributed by atoms with van der Waals surface area (Å²) < 4.78 is 22.0. The van der Waals surface area contributed by atoms with Crippen LogP contribution in [0.25, 0.3) is 0 Å². The Hall–Kier alpha value is -1.30. The summed E-state index contributed by atoms with van der Waals surface area (Å²) >= 11 is 0. The average molecular weight is 689 g/mol. The summed E-state index contributed by atoms with van der Waals surface area (Å²) in [5.74, 6) is -0.800. The third-order valence-corrected chi connectivity index (χ3v) is 9.24. The van der Waals surface area contributed by atoms with Crippen LogP contribution in [0.2, 0.25) is 0 Å². The average Bonchev–Trinajstić information content (AvgIpc) is 3.08. The molecule has 0 aromatic heterocycles. The number of unbranched alkanes of at least 4 members (excludes halogenated alkanes) is 21. The fourth-order valence-corrected chi connectivity index (χ4v) is 6.07. The number of carbonyl (C=O) groups is 2. The van der Waals surface area contributed by atoms with E-state index in [9.17, 15) is 30.0 Å². The second-order valence-corrected chi connectivity index (χ2v) is 13.8. The summed E-state index contributed by atoms with van der Waals surface area (Å²) in [6, 6.07) is 0. The van der Waals surface area contributed by atoms with Gasteiger partial charge in [-0.2, -0.15) is 0 Å². The van der Waals surface area contributed by atoms with Crippen molar-refractivity contribution >= 4 is 11.9 Å².